The number of rotatable bonds is 8. The third-order valence-corrected chi connectivity index (χ3v) is 5.70. The molecule has 0 spiro atoms. The summed E-state index contributed by atoms with van der Waals surface area (Å²) < 4.78 is 5.90. The number of benzene rings is 3. The fourth-order valence-corrected chi connectivity index (χ4v) is 3.90. The van der Waals surface area contributed by atoms with E-state index >= 15 is 0 Å². The first-order valence-electron chi connectivity index (χ1n) is 9.14. The van der Waals surface area contributed by atoms with Gasteiger partial charge in [-0.05, 0) is 67.8 Å². The molecule has 0 saturated carbocycles. The molecular weight excluding hydrogens is 390 g/mol. The molecule has 0 radical (unpaired) electrons. The van der Waals surface area contributed by atoms with E-state index in [-0.39, 0.29) is 6.61 Å². The summed E-state index contributed by atoms with van der Waals surface area (Å²) in [7, 11) is 0. The van der Waals surface area contributed by atoms with E-state index in [1.54, 1.807) is 11.8 Å². The summed E-state index contributed by atoms with van der Waals surface area (Å²) in [6, 6.07) is 23.8. The van der Waals surface area contributed by atoms with E-state index in [1.165, 1.54) is 0 Å². The molecule has 3 N–H and O–H groups in total. The molecular formula is C23H24ClNO2S. The number of ether oxygens (including phenoxy) is 1. The van der Waals surface area contributed by atoms with Crippen molar-refractivity contribution in [2.45, 2.75) is 35.1 Å². The van der Waals surface area contributed by atoms with E-state index in [9.17, 15) is 5.11 Å². The first kappa shape index (κ1) is 20.7. The molecule has 0 aromatic heterocycles. The number of aliphatic hydroxyl groups is 1. The Kier molecular flexibility index (Phi) is 7.03. The Morgan fingerprint density at radius 1 is 0.964 bits per heavy atom. The van der Waals surface area contributed by atoms with Crippen LogP contribution in [-0.4, -0.2) is 17.3 Å². The molecule has 0 amide bonds. The molecule has 3 nitrogen and oxygen atoms in total. The molecule has 0 aliphatic heterocycles. The van der Waals surface area contributed by atoms with Crippen molar-refractivity contribution in [1.29, 1.82) is 0 Å². The zero-order valence-electron chi connectivity index (χ0n) is 15.8. The van der Waals surface area contributed by atoms with Crippen molar-refractivity contribution >= 4 is 23.4 Å². The third kappa shape index (κ3) is 6.01. The van der Waals surface area contributed by atoms with Gasteiger partial charge in [-0.2, -0.15) is 0 Å². The van der Waals surface area contributed by atoms with Crippen LogP contribution in [0.3, 0.4) is 0 Å². The summed E-state index contributed by atoms with van der Waals surface area (Å²) >= 11 is 8.10. The van der Waals surface area contributed by atoms with Crippen molar-refractivity contribution in [3.8, 4) is 11.5 Å². The number of para-hydroxylation sites is 1. The van der Waals surface area contributed by atoms with Crippen LogP contribution in [0.2, 0.25) is 5.02 Å². The lowest BCUT2D eigenvalue weighted by Gasteiger charge is -2.21. The molecule has 28 heavy (non-hydrogen) atoms. The Morgan fingerprint density at radius 2 is 1.68 bits per heavy atom. The molecule has 0 aliphatic carbocycles. The third-order valence-electron chi connectivity index (χ3n) is 4.37. The Labute approximate surface area is 175 Å². The van der Waals surface area contributed by atoms with E-state index in [1.807, 2.05) is 73.7 Å². The highest BCUT2D eigenvalue weighted by atomic mass is 35.5. The molecule has 0 fully saturated rings. The van der Waals surface area contributed by atoms with Crippen LogP contribution in [-0.2, 0) is 6.42 Å². The summed E-state index contributed by atoms with van der Waals surface area (Å²) in [6.07, 6.45) is 1.41. The van der Waals surface area contributed by atoms with Crippen LogP contribution in [0.4, 0.5) is 0 Å². The van der Waals surface area contributed by atoms with E-state index in [0.717, 1.165) is 38.3 Å². The summed E-state index contributed by atoms with van der Waals surface area (Å²) in [5, 5.41) is 10.0. The number of halogens is 1. The fraction of sp³-hybridized carbons (Fsp3) is 0.217. The Bertz CT molecular complexity index is 915. The number of aliphatic hydroxyl groups excluding tert-OH is 1. The van der Waals surface area contributed by atoms with Crippen molar-refractivity contribution in [3.05, 3.63) is 83.4 Å². The van der Waals surface area contributed by atoms with Crippen molar-refractivity contribution in [2.24, 2.45) is 5.73 Å². The number of hydrogen-bond donors (Lipinski definition) is 2. The number of hydrogen-bond acceptors (Lipinski definition) is 4. The molecule has 1 unspecified atom stereocenters. The quantitative estimate of drug-likeness (QED) is 0.480. The average Bonchev–Trinajstić information content (AvgIpc) is 2.68. The van der Waals surface area contributed by atoms with E-state index in [4.69, 9.17) is 22.1 Å². The smallest absolute Gasteiger partial charge is 0.128 e. The van der Waals surface area contributed by atoms with Gasteiger partial charge >= 0.3 is 0 Å². The van der Waals surface area contributed by atoms with Crippen LogP contribution in [0, 0.1) is 0 Å². The highest BCUT2D eigenvalue weighted by molar-refractivity contribution is 7.99. The van der Waals surface area contributed by atoms with Crippen molar-refractivity contribution in [2.75, 3.05) is 6.61 Å². The van der Waals surface area contributed by atoms with Gasteiger partial charge in [0.1, 0.15) is 11.5 Å². The van der Waals surface area contributed by atoms with Crippen LogP contribution in [0.15, 0.2) is 82.6 Å². The summed E-state index contributed by atoms with van der Waals surface area (Å²) in [5.74, 6) is 1.61. The molecule has 0 heterocycles. The van der Waals surface area contributed by atoms with Gasteiger partial charge < -0.3 is 15.6 Å². The molecule has 146 valence electrons. The van der Waals surface area contributed by atoms with E-state index in [0.29, 0.717) is 6.42 Å². The van der Waals surface area contributed by atoms with Gasteiger partial charge in [0.25, 0.3) is 0 Å². The van der Waals surface area contributed by atoms with E-state index < -0.39 is 5.54 Å². The fourth-order valence-electron chi connectivity index (χ4n) is 2.66. The maximum Gasteiger partial charge on any atom is 0.128 e. The number of aryl methyl sites for hydroxylation is 1. The van der Waals surface area contributed by atoms with Gasteiger partial charge in [0.05, 0.1) is 6.61 Å². The second-order valence-electron chi connectivity index (χ2n) is 7.06. The molecule has 3 aromatic carbocycles. The molecule has 0 aliphatic rings. The van der Waals surface area contributed by atoms with Crippen molar-refractivity contribution in [3.63, 3.8) is 0 Å². The topological polar surface area (TPSA) is 55.5 Å². The van der Waals surface area contributed by atoms with Gasteiger partial charge in [-0.3, -0.25) is 0 Å². The standard InChI is InChI=1S/C23H24ClNO2S/c1-23(25,16-26)13-12-17-10-11-21(15-22(17)24)28-20-9-5-8-19(14-20)27-18-6-3-2-4-7-18/h2-11,14-15,26H,12-13,16,25H2,1H3. The lowest BCUT2D eigenvalue weighted by Crippen LogP contribution is -2.40. The van der Waals surface area contributed by atoms with Crippen molar-refractivity contribution in [1.82, 2.24) is 0 Å². The molecule has 0 bridgehead atoms. The highest BCUT2D eigenvalue weighted by Gasteiger charge is 2.17. The maximum absolute atomic E-state index is 9.29. The second kappa shape index (κ2) is 9.48. The molecule has 0 saturated heterocycles. The van der Waals surface area contributed by atoms with Gasteiger partial charge in [0.2, 0.25) is 0 Å². The number of nitrogens with two attached hydrogens (primary N) is 1. The molecule has 5 heteroatoms. The maximum atomic E-state index is 9.29. The van der Waals surface area contributed by atoms with Crippen LogP contribution in [0.5, 0.6) is 11.5 Å². The minimum Gasteiger partial charge on any atom is -0.457 e. The zero-order valence-corrected chi connectivity index (χ0v) is 17.3. The van der Waals surface area contributed by atoms with Gasteiger partial charge in [0, 0.05) is 20.4 Å². The van der Waals surface area contributed by atoms with Gasteiger partial charge in [-0.1, -0.05) is 53.7 Å². The molecule has 3 aromatic rings. The normalized spacial score (nSPS) is 13.1. The summed E-state index contributed by atoms with van der Waals surface area (Å²) in [5.41, 5.74) is 6.46. The zero-order chi connectivity index (χ0) is 20.0. The van der Waals surface area contributed by atoms with Gasteiger partial charge in [-0.15, -0.1) is 0 Å². The second-order valence-corrected chi connectivity index (χ2v) is 8.61. The minimum absolute atomic E-state index is 0.0417. The van der Waals surface area contributed by atoms with Crippen LogP contribution in [0.25, 0.3) is 0 Å². The largest absolute Gasteiger partial charge is 0.457 e. The SMILES string of the molecule is CC(N)(CO)CCc1ccc(Sc2cccc(Oc3ccccc3)c2)cc1Cl. The van der Waals surface area contributed by atoms with E-state index in [2.05, 4.69) is 6.07 Å². The Balaban J connectivity index is 1.67. The lowest BCUT2D eigenvalue weighted by molar-refractivity contribution is 0.200. The predicted molar refractivity (Wildman–Crippen MR) is 117 cm³/mol. The van der Waals surface area contributed by atoms with Crippen LogP contribution < -0.4 is 10.5 Å². The van der Waals surface area contributed by atoms with Crippen LogP contribution in [0.1, 0.15) is 18.9 Å². The summed E-state index contributed by atoms with van der Waals surface area (Å²) in [6.45, 7) is 1.80. The molecule has 3 rings (SSSR count). The van der Waals surface area contributed by atoms with Gasteiger partial charge in [0.15, 0.2) is 0 Å². The average molecular weight is 414 g/mol. The summed E-state index contributed by atoms with van der Waals surface area (Å²) in [4.78, 5) is 2.13. The molecule has 1 atom stereocenters. The first-order valence-corrected chi connectivity index (χ1v) is 10.3. The van der Waals surface area contributed by atoms with Crippen LogP contribution >= 0.6 is 23.4 Å². The van der Waals surface area contributed by atoms with Gasteiger partial charge in [-0.25, -0.2) is 0 Å². The van der Waals surface area contributed by atoms with Crippen molar-refractivity contribution < 1.29 is 9.84 Å². The Morgan fingerprint density at radius 3 is 2.39 bits per heavy atom. The Hall–Kier alpha value is -1.98. The highest BCUT2D eigenvalue weighted by Crippen LogP contribution is 2.34. The first-order chi connectivity index (χ1) is 13.4. The lowest BCUT2D eigenvalue weighted by atomic mass is 9.95. The monoisotopic (exact) mass is 413 g/mol. The predicted octanol–water partition coefficient (Wildman–Crippen LogP) is 5.93. The minimum atomic E-state index is -0.587.